The van der Waals surface area contributed by atoms with Crippen LogP contribution in [-0.4, -0.2) is 14.8 Å². The molecule has 0 saturated heterocycles. The molecule has 3 aromatic rings. The standard InChI is InChI=1S/C15H15N3/c1-11(2)12-7-8-16-15(9-12)18-14-6-4-3-5-13(14)10-17-18/h3-11H,1-2H3. The van der Waals surface area contributed by atoms with Crippen LogP contribution < -0.4 is 0 Å². The number of hydrogen-bond donors (Lipinski definition) is 0. The number of hydrogen-bond acceptors (Lipinski definition) is 2. The molecule has 0 unspecified atom stereocenters. The van der Waals surface area contributed by atoms with Crippen molar-refractivity contribution < 1.29 is 0 Å². The molecule has 0 aliphatic rings. The van der Waals surface area contributed by atoms with Crippen molar-refractivity contribution in [3.63, 3.8) is 0 Å². The van der Waals surface area contributed by atoms with Gasteiger partial charge in [-0.05, 0) is 29.7 Å². The van der Waals surface area contributed by atoms with Crippen molar-refractivity contribution in [2.24, 2.45) is 0 Å². The van der Waals surface area contributed by atoms with Gasteiger partial charge in [0.15, 0.2) is 5.82 Å². The van der Waals surface area contributed by atoms with Crippen molar-refractivity contribution in [3.8, 4) is 5.82 Å². The lowest BCUT2D eigenvalue weighted by atomic mass is 10.1. The minimum absolute atomic E-state index is 0.494. The zero-order valence-corrected chi connectivity index (χ0v) is 10.5. The van der Waals surface area contributed by atoms with Crippen LogP contribution >= 0.6 is 0 Å². The fourth-order valence-corrected chi connectivity index (χ4v) is 2.06. The van der Waals surface area contributed by atoms with E-state index in [1.165, 1.54) is 5.56 Å². The molecular formula is C15H15N3. The van der Waals surface area contributed by atoms with Crippen LogP contribution in [0, 0.1) is 0 Å². The molecule has 3 nitrogen and oxygen atoms in total. The Morgan fingerprint density at radius 1 is 1.11 bits per heavy atom. The maximum Gasteiger partial charge on any atom is 0.154 e. The SMILES string of the molecule is CC(C)c1ccnc(-n2ncc3ccccc32)c1. The van der Waals surface area contributed by atoms with E-state index in [9.17, 15) is 0 Å². The molecule has 2 heterocycles. The van der Waals surface area contributed by atoms with E-state index in [0.29, 0.717) is 5.92 Å². The van der Waals surface area contributed by atoms with Crippen LogP contribution in [0.15, 0.2) is 48.8 Å². The van der Waals surface area contributed by atoms with Gasteiger partial charge in [0, 0.05) is 11.6 Å². The molecule has 0 saturated carbocycles. The molecule has 0 radical (unpaired) electrons. The first-order valence-electron chi connectivity index (χ1n) is 6.15. The highest BCUT2D eigenvalue weighted by atomic mass is 15.3. The average Bonchev–Trinajstić information content (AvgIpc) is 2.82. The Kier molecular flexibility index (Phi) is 2.59. The summed E-state index contributed by atoms with van der Waals surface area (Å²) in [6, 6.07) is 12.3. The van der Waals surface area contributed by atoms with Crippen LogP contribution in [0.4, 0.5) is 0 Å². The van der Waals surface area contributed by atoms with E-state index in [4.69, 9.17) is 0 Å². The molecule has 0 aliphatic carbocycles. The third-order valence-corrected chi connectivity index (χ3v) is 3.13. The van der Waals surface area contributed by atoms with Crippen molar-refractivity contribution in [3.05, 3.63) is 54.4 Å². The summed E-state index contributed by atoms with van der Waals surface area (Å²) in [7, 11) is 0. The second-order valence-electron chi connectivity index (χ2n) is 4.72. The van der Waals surface area contributed by atoms with Crippen LogP contribution in [0.25, 0.3) is 16.7 Å². The summed E-state index contributed by atoms with van der Waals surface area (Å²) in [5.41, 5.74) is 2.37. The molecule has 0 bridgehead atoms. The molecule has 0 spiro atoms. The lowest BCUT2D eigenvalue weighted by Crippen LogP contribution is -2.00. The van der Waals surface area contributed by atoms with Gasteiger partial charge in [0.05, 0.1) is 11.7 Å². The normalized spacial score (nSPS) is 11.3. The summed E-state index contributed by atoms with van der Waals surface area (Å²) in [6.07, 6.45) is 3.72. The summed E-state index contributed by atoms with van der Waals surface area (Å²) in [5.74, 6) is 1.37. The quantitative estimate of drug-likeness (QED) is 0.682. The van der Waals surface area contributed by atoms with Crippen molar-refractivity contribution in [2.75, 3.05) is 0 Å². The maximum atomic E-state index is 4.42. The Labute approximate surface area is 106 Å². The predicted octanol–water partition coefficient (Wildman–Crippen LogP) is 3.54. The summed E-state index contributed by atoms with van der Waals surface area (Å²) < 4.78 is 1.89. The zero-order valence-electron chi connectivity index (χ0n) is 10.5. The first kappa shape index (κ1) is 11.0. The van der Waals surface area contributed by atoms with Gasteiger partial charge in [-0.3, -0.25) is 0 Å². The van der Waals surface area contributed by atoms with Crippen LogP contribution in [0.5, 0.6) is 0 Å². The van der Waals surface area contributed by atoms with Gasteiger partial charge in [0.2, 0.25) is 0 Å². The third-order valence-electron chi connectivity index (χ3n) is 3.13. The van der Waals surface area contributed by atoms with E-state index in [1.807, 2.05) is 29.2 Å². The number of pyridine rings is 1. The van der Waals surface area contributed by atoms with Crippen molar-refractivity contribution in [1.82, 2.24) is 14.8 Å². The van der Waals surface area contributed by atoms with Gasteiger partial charge in [0.25, 0.3) is 0 Å². The summed E-state index contributed by atoms with van der Waals surface area (Å²) in [6.45, 7) is 4.36. The van der Waals surface area contributed by atoms with Gasteiger partial charge in [-0.25, -0.2) is 9.67 Å². The Hall–Kier alpha value is -2.16. The Bertz CT molecular complexity index is 683. The van der Waals surface area contributed by atoms with E-state index in [2.05, 4.69) is 48.2 Å². The molecule has 1 aromatic carbocycles. The summed E-state index contributed by atoms with van der Waals surface area (Å²) >= 11 is 0. The fraction of sp³-hybridized carbons (Fsp3) is 0.200. The number of nitrogens with zero attached hydrogens (tertiary/aromatic N) is 3. The lowest BCUT2D eigenvalue weighted by Gasteiger charge is -2.08. The molecule has 3 heteroatoms. The summed E-state index contributed by atoms with van der Waals surface area (Å²) in [5, 5.41) is 5.55. The number of benzene rings is 1. The van der Waals surface area contributed by atoms with E-state index < -0.39 is 0 Å². The van der Waals surface area contributed by atoms with Gasteiger partial charge in [-0.15, -0.1) is 0 Å². The highest BCUT2D eigenvalue weighted by Gasteiger charge is 2.07. The van der Waals surface area contributed by atoms with Gasteiger partial charge in [0.1, 0.15) is 0 Å². The molecule has 0 aliphatic heterocycles. The van der Waals surface area contributed by atoms with E-state index >= 15 is 0 Å². The largest absolute Gasteiger partial charge is 0.237 e. The monoisotopic (exact) mass is 237 g/mol. The van der Waals surface area contributed by atoms with Crippen LogP contribution in [0.2, 0.25) is 0 Å². The molecule has 0 N–H and O–H groups in total. The molecule has 0 fully saturated rings. The van der Waals surface area contributed by atoms with Gasteiger partial charge in [-0.2, -0.15) is 5.10 Å². The van der Waals surface area contributed by atoms with Crippen molar-refractivity contribution in [2.45, 2.75) is 19.8 Å². The second-order valence-corrected chi connectivity index (χ2v) is 4.72. The molecule has 2 aromatic heterocycles. The predicted molar refractivity (Wildman–Crippen MR) is 73.0 cm³/mol. The van der Waals surface area contributed by atoms with Crippen molar-refractivity contribution >= 4 is 10.9 Å². The Morgan fingerprint density at radius 2 is 1.94 bits per heavy atom. The third kappa shape index (κ3) is 1.78. The summed E-state index contributed by atoms with van der Waals surface area (Å²) in [4.78, 5) is 4.41. The topological polar surface area (TPSA) is 30.7 Å². The fourth-order valence-electron chi connectivity index (χ4n) is 2.06. The molecule has 90 valence electrons. The number of aromatic nitrogens is 3. The number of rotatable bonds is 2. The maximum absolute atomic E-state index is 4.42. The first-order valence-corrected chi connectivity index (χ1v) is 6.15. The molecular weight excluding hydrogens is 222 g/mol. The number of fused-ring (bicyclic) bond motifs is 1. The molecule has 0 amide bonds. The first-order chi connectivity index (χ1) is 8.75. The smallest absolute Gasteiger partial charge is 0.154 e. The van der Waals surface area contributed by atoms with Crippen LogP contribution in [-0.2, 0) is 0 Å². The molecule has 18 heavy (non-hydrogen) atoms. The minimum Gasteiger partial charge on any atom is -0.237 e. The lowest BCUT2D eigenvalue weighted by molar-refractivity contribution is 0.834. The average molecular weight is 237 g/mol. The van der Waals surface area contributed by atoms with Crippen LogP contribution in [0.3, 0.4) is 0 Å². The Balaban J connectivity index is 2.17. The van der Waals surface area contributed by atoms with Crippen molar-refractivity contribution in [1.29, 1.82) is 0 Å². The van der Waals surface area contributed by atoms with Crippen LogP contribution in [0.1, 0.15) is 25.3 Å². The zero-order chi connectivity index (χ0) is 12.5. The van der Waals surface area contributed by atoms with Gasteiger partial charge >= 0.3 is 0 Å². The van der Waals surface area contributed by atoms with E-state index in [-0.39, 0.29) is 0 Å². The Morgan fingerprint density at radius 3 is 2.78 bits per heavy atom. The van der Waals surface area contributed by atoms with Gasteiger partial charge < -0.3 is 0 Å². The molecule has 3 rings (SSSR count). The molecule has 0 atom stereocenters. The van der Waals surface area contributed by atoms with E-state index in [0.717, 1.165) is 16.7 Å². The minimum atomic E-state index is 0.494. The van der Waals surface area contributed by atoms with Gasteiger partial charge in [-0.1, -0.05) is 32.0 Å². The number of para-hydroxylation sites is 1. The highest BCUT2D eigenvalue weighted by molar-refractivity contribution is 5.79. The highest BCUT2D eigenvalue weighted by Crippen LogP contribution is 2.19. The van der Waals surface area contributed by atoms with E-state index in [1.54, 1.807) is 0 Å². The second kappa shape index (κ2) is 4.26.